The van der Waals surface area contributed by atoms with E-state index in [0.29, 0.717) is 12.6 Å². The van der Waals surface area contributed by atoms with Crippen molar-refractivity contribution in [3.8, 4) is 0 Å². The molecule has 1 rings (SSSR count). The number of hydrogen-bond donors (Lipinski definition) is 2. The summed E-state index contributed by atoms with van der Waals surface area (Å²) in [5.74, 6) is 0. The van der Waals surface area contributed by atoms with Crippen LogP contribution in [0.15, 0.2) is 0 Å². The summed E-state index contributed by atoms with van der Waals surface area (Å²) in [6.45, 7) is 4.66. The van der Waals surface area contributed by atoms with E-state index in [9.17, 15) is 4.39 Å². The van der Waals surface area contributed by atoms with Crippen molar-refractivity contribution in [3.05, 3.63) is 0 Å². The molecule has 1 aliphatic heterocycles. The Kier molecular flexibility index (Phi) is 3.91. The lowest BCUT2D eigenvalue weighted by molar-refractivity contribution is 0.0635. The van der Waals surface area contributed by atoms with Crippen LogP contribution in [0.1, 0.15) is 6.92 Å². The Labute approximate surface area is 72.6 Å². The molecule has 2 atom stereocenters. The molecular formula is C8H17FN2O. The van der Waals surface area contributed by atoms with Crippen LogP contribution < -0.4 is 5.32 Å². The first-order valence-electron chi connectivity index (χ1n) is 4.43. The van der Waals surface area contributed by atoms with Gasteiger partial charge in [0, 0.05) is 32.2 Å². The number of aliphatic hydroxyl groups excluding tert-OH is 1. The molecule has 3 nitrogen and oxygen atoms in total. The molecule has 72 valence electrons. The first kappa shape index (κ1) is 9.89. The van der Waals surface area contributed by atoms with Gasteiger partial charge in [-0.05, 0) is 6.92 Å². The van der Waals surface area contributed by atoms with E-state index < -0.39 is 12.8 Å². The van der Waals surface area contributed by atoms with E-state index in [0.717, 1.165) is 19.6 Å². The van der Waals surface area contributed by atoms with Gasteiger partial charge in [-0.3, -0.25) is 4.90 Å². The summed E-state index contributed by atoms with van der Waals surface area (Å²) in [6, 6.07) is 0.403. The minimum absolute atomic E-state index is 0.403. The van der Waals surface area contributed by atoms with Crippen molar-refractivity contribution in [3.63, 3.8) is 0 Å². The average molecular weight is 176 g/mol. The molecule has 0 aliphatic carbocycles. The molecule has 4 heteroatoms. The first-order chi connectivity index (χ1) is 5.74. The highest BCUT2D eigenvalue weighted by Crippen LogP contribution is 2.03. The van der Waals surface area contributed by atoms with E-state index >= 15 is 0 Å². The van der Waals surface area contributed by atoms with Crippen molar-refractivity contribution in [2.45, 2.75) is 19.1 Å². The average Bonchev–Trinajstić information content (AvgIpc) is 2.09. The Morgan fingerprint density at radius 2 is 2.50 bits per heavy atom. The predicted molar refractivity (Wildman–Crippen MR) is 45.9 cm³/mol. The Balaban J connectivity index is 2.28. The van der Waals surface area contributed by atoms with Gasteiger partial charge in [0.15, 0.2) is 0 Å². The lowest BCUT2D eigenvalue weighted by Crippen LogP contribution is -2.52. The third-order valence-corrected chi connectivity index (χ3v) is 2.26. The minimum atomic E-state index is -0.814. The standard InChI is InChI=1S/C8H17FN2O/c1-7-5-10-2-3-11(7)6-8(12)4-9/h7-8,10,12H,2-6H2,1H3. The molecule has 0 saturated carbocycles. The maximum atomic E-state index is 12.0. The van der Waals surface area contributed by atoms with Crippen molar-refractivity contribution < 1.29 is 9.50 Å². The highest BCUT2D eigenvalue weighted by Gasteiger charge is 2.19. The fourth-order valence-electron chi connectivity index (χ4n) is 1.47. The molecule has 1 saturated heterocycles. The number of piperazine rings is 1. The summed E-state index contributed by atoms with van der Waals surface area (Å²) in [6.07, 6.45) is -0.814. The van der Waals surface area contributed by atoms with Crippen LogP contribution in [-0.4, -0.2) is 55.0 Å². The van der Waals surface area contributed by atoms with Gasteiger partial charge in [0.05, 0.1) is 6.10 Å². The molecule has 12 heavy (non-hydrogen) atoms. The molecule has 1 fully saturated rings. The van der Waals surface area contributed by atoms with Crippen molar-refractivity contribution >= 4 is 0 Å². The van der Waals surface area contributed by atoms with Crippen LogP contribution >= 0.6 is 0 Å². The smallest absolute Gasteiger partial charge is 0.117 e. The van der Waals surface area contributed by atoms with Crippen molar-refractivity contribution in [1.29, 1.82) is 0 Å². The molecule has 1 heterocycles. The molecule has 0 spiro atoms. The summed E-state index contributed by atoms with van der Waals surface area (Å²) in [5, 5.41) is 12.3. The van der Waals surface area contributed by atoms with Gasteiger partial charge in [-0.15, -0.1) is 0 Å². The Morgan fingerprint density at radius 3 is 3.08 bits per heavy atom. The molecule has 1 aliphatic rings. The van der Waals surface area contributed by atoms with Crippen LogP contribution in [0, 0.1) is 0 Å². The monoisotopic (exact) mass is 176 g/mol. The van der Waals surface area contributed by atoms with Crippen LogP contribution in [0.25, 0.3) is 0 Å². The molecule has 0 amide bonds. The van der Waals surface area contributed by atoms with Crippen LogP contribution in [0.2, 0.25) is 0 Å². The van der Waals surface area contributed by atoms with Crippen LogP contribution in [0.5, 0.6) is 0 Å². The van der Waals surface area contributed by atoms with Gasteiger partial charge < -0.3 is 10.4 Å². The summed E-state index contributed by atoms with van der Waals surface area (Å²) >= 11 is 0. The topological polar surface area (TPSA) is 35.5 Å². The zero-order valence-electron chi connectivity index (χ0n) is 7.46. The number of nitrogens with one attached hydrogen (secondary N) is 1. The van der Waals surface area contributed by atoms with Gasteiger partial charge in [0.2, 0.25) is 0 Å². The normalized spacial score (nSPS) is 28.8. The second-order valence-electron chi connectivity index (χ2n) is 3.36. The molecule has 0 aromatic carbocycles. The van der Waals surface area contributed by atoms with E-state index in [2.05, 4.69) is 17.1 Å². The van der Waals surface area contributed by atoms with Crippen LogP contribution in [0.3, 0.4) is 0 Å². The molecule has 0 bridgehead atoms. The quantitative estimate of drug-likeness (QED) is 0.615. The number of nitrogens with zero attached hydrogens (tertiary/aromatic N) is 1. The zero-order chi connectivity index (χ0) is 8.97. The number of aliphatic hydroxyl groups is 1. The fraction of sp³-hybridized carbons (Fsp3) is 1.00. The van der Waals surface area contributed by atoms with E-state index in [4.69, 9.17) is 5.11 Å². The molecule has 2 N–H and O–H groups in total. The van der Waals surface area contributed by atoms with E-state index in [1.807, 2.05) is 0 Å². The summed E-state index contributed by atoms with van der Waals surface area (Å²) in [7, 11) is 0. The summed E-state index contributed by atoms with van der Waals surface area (Å²) in [4.78, 5) is 2.11. The zero-order valence-corrected chi connectivity index (χ0v) is 7.46. The number of alkyl halides is 1. The van der Waals surface area contributed by atoms with Crippen LogP contribution in [-0.2, 0) is 0 Å². The number of hydrogen-bond acceptors (Lipinski definition) is 3. The second-order valence-corrected chi connectivity index (χ2v) is 3.36. The number of rotatable bonds is 3. The van der Waals surface area contributed by atoms with Gasteiger partial charge >= 0.3 is 0 Å². The minimum Gasteiger partial charge on any atom is -0.389 e. The van der Waals surface area contributed by atoms with E-state index in [-0.39, 0.29) is 0 Å². The van der Waals surface area contributed by atoms with E-state index in [1.165, 1.54) is 0 Å². The van der Waals surface area contributed by atoms with E-state index in [1.54, 1.807) is 0 Å². The maximum Gasteiger partial charge on any atom is 0.117 e. The summed E-state index contributed by atoms with van der Waals surface area (Å²) in [5.41, 5.74) is 0. The van der Waals surface area contributed by atoms with Gasteiger partial charge in [-0.25, -0.2) is 4.39 Å². The third-order valence-electron chi connectivity index (χ3n) is 2.26. The van der Waals surface area contributed by atoms with Gasteiger partial charge in [-0.1, -0.05) is 0 Å². The Hall–Kier alpha value is -0.190. The highest BCUT2D eigenvalue weighted by molar-refractivity contribution is 4.77. The Morgan fingerprint density at radius 1 is 1.75 bits per heavy atom. The van der Waals surface area contributed by atoms with Gasteiger partial charge in [-0.2, -0.15) is 0 Å². The third kappa shape index (κ3) is 2.69. The molecule has 2 unspecified atom stereocenters. The molecule has 0 aromatic heterocycles. The highest BCUT2D eigenvalue weighted by atomic mass is 19.1. The summed E-state index contributed by atoms with van der Waals surface area (Å²) < 4.78 is 12.0. The largest absolute Gasteiger partial charge is 0.389 e. The molecule has 0 aromatic rings. The Bertz CT molecular complexity index is 134. The molecular weight excluding hydrogens is 159 g/mol. The van der Waals surface area contributed by atoms with Gasteiger partial charge in [0.25, 0.3) is 0 Å². The van der Waals surface area contributed by atoms with Gasteiger partial charge in [0.1, 0.15) is 6.67 Å². The fourth-order valence-corrected chi connectivity index (χ4v) is 1.47. The van der Waals surface area contributed by atoms with Crippen molar-refractivity contribution in [2.24, 2.45) is 0 Å². The lowest BCUT2D eigenvalue weighted by Gasteiger charge is -2.34. The van der Waals surface area contributed by atoms with Crippen molar-refractivity contribution in [1.82, 2.24) is 10.2 Å². The maximum absolute atomic E-state index is 12.0. The van der Waals surface area contributed by atoms with Crippen molar-refractivity contribution in [2.75, 3.05) is 32.9 Å². The molecule has 0 radical (unpaired) electrons. The SMILES string of the molecule is CC1CNCCN1CC(O)CF. The van der Waals surface area contributed by atoms with Crippen LogP contribution in [0.4, 0.5) is 4.39 Å². The number of β-amino-alcohol motifs (C(OH)–C–C–N with tert-alkyl or cyclic N) is 1. The first-order valence-corrected chi connectivity index (χ1v) is 4.43. The predicted octanol–water partition coefficient (Wildman–Crippen LogP) is -0.389. The number of halogens is 1. The second kappa shape index (κ2) is 4.74. The lowest BCUT2D eigenvalue weighted by atomic mass is 10.2.